The monoisotopic (exact) mass is 438 g/mol. The number of hydrogen-bond acceptors (Lipinski definition) is 5. The average molecular weight is 439 g/mol. The van der Waals surface area contributed by atoms with Gasteiger partial charge in [0, 0.05) is 13.1 Å². The molecule has 1 aromatic heterocycles. The van der Waals surface area contributed by atoms with Crippen LogP contribution in [0, 0.1) is 12.7 Å². The van der Waals surface area contributed by atoms with E-state index in [-0.39, 0.29) is 41.8 Å². The minimum atomic E-state index is -0.613. The molecule has 0 saturated carbocycles. The summed E-state index contributed by atoms with van der Waals surface area (Å²) in [5, 5.41) is 9.87. The Labute approximate surface area is 178 Å². The van der Waals surface area contributed by atoms with Crippen LogP contribution in [-0.4, -0.2) is 47.0 Å². The number of carbonyl (C=O) groups is 2. The maximum absolute atomic E-state index is 13.4. The van der Waals surface area contributed by atoms with E-state index in [0.29, 0.717) is 19.4 Å². The van der Waals surface area contributed by atoms with Crippen molar-refractivity contribution in [2.45, 2.75) is 38.5 Å². The van der Waals surface area contributed by atoms with Crippen molar-refractivity contribution in [1.82, 2.24) is 20.4 Å². The molecule has 1 saturated heterocycles. The molecular formula is C20H24ClFN4O4. The first kappa shape index (κ1) is 22.0. The predicted molar refractivity (Wildman–Crippen MR) is 108 cm³/mol. The van der Waals surface area contributed by atoms with E-state index in [1.165, 1.54) is 12.1 Å². The highest BCUT2D eigenvalue weighted by atomic mass is 35.5. The lowest BCUT2D eigenvalue weighted by atomic mass is 10.0. The summed E-state index contributed by atoms with van der Waals surface area (Å²) >= 11 is 5.61. The number of amides is 2. The number of ether oxygens (including phenoxy) is 2. The van der Waals surface area contributed by atoms with E-state index in [1.807, 2.05) is 20.0 Å². The van der Waals surface area contributed by atoms with Gasteiger partial charge in [0.2, 0.25) is 5.91 Å². The second-order valence-corrected chi connectivity index (χ2v) is 7.55. The van der Waals surface area contributed by atoms with Gasteiger partial charge in [-0.05, 0) is 38.0 Å². The lowest BCUT2D eigenvalue weighted by Crippen LogP contribution is -2.48. The van der Waals surface area contributed by atoms with Crippen molar-refractivity contribution in [3.05, 3.63) is 46.5 Å². The van der Waals surface area contributed by atoms with Gasteiger partial charge in [-0.15, -0.1) is 0 Å². The first-order valence-corrected chi connectivity index (χ1v) is 9.95. The number of benzene rings is 1. The number of nitrogens with zero attached hydrogens (tertiary/aromatic N) is 2. The minimum Gasteiger partial charge on any atom is -0.484 e. The third-order valence-electron chi connectivity index (χ3n) is 4.74. The molecule has 2 aromatic rings. The van der Waals surface area contributed by atoms with Crippen LogP contribution in [0.25, 0.3) is 0 Å². The Morgan fingerprint density at radius 3 is 2.80 bits per heavy atom. The van der Waals surface area contributed by atoms with Crippen molar-refractivity contribution >= 4 is 23.4 Å². The Hall–Kier alpha value is -2.65. The van der Waals surface area contributed by atoms with Crippen LogP contribution in [0.2, 0.25) is 5.02 Å². The van der Waals surface area contributed by atoms with Crippen molar-refractivity contribution < 1.29 is 23.5 Å². The van der Waals surface area contributed by atoms with Crippen LogP contribution in [0.4, 0.5) is 4.39 Å². The molecule has 2 heterocycles. The molecule has 1 aromatic carbocycles. The molecule has 1 aliphatic rings. The van der Waals surface area contributed by atoms with Gasteiger partial charge in [0.25, 0.3) is 5.91 Å². The minimum absolute atomic E-state index is 0.0137. The van der Waals surface area contributed by atoms with E-state index in [1.54, 1.807) is 4.68 Å². The topological polar surface area (TPSA) is 94.5 Å². The number of rotatable bonds is 7. The molecule has 0 spiro atoms. The molecule has 2 atom stereocenters. The van der Waals surface area contributed by atoms with Gasteiger partial charge >= 0.3 is 0 Å². The van der Waals surface area contributed by atoms with Crippen molar-refractivity contribution in [3.8, 4) is 5.75 Å². The number of aromatic nitrogens is 2. The summed E-state index contributed by atoms with van der Waals surface area (Å²) in [6.45, 7) is 2.23. The molecule has 0 radical (unpaired) electrons. The molecule has 10 heteroatoms. The summed E-state index contributed by atoms with van der Waals surface area (Å²) < 4.78 is 26.0. The van der Waals surface area contributed by atoms with E-state index >= 15 is 0 Å². The normalized spacial score (nSPS) is 18.7. The molecule has 1 fully saturated rings. The summed E-state index contributed by atoms with van der Waals surface area (Å²) in [5.41, 5.74) is 1.79. The Morgan fingerprint density at radius 2 is 2.17 bits per heavy atom. The van der Waals surface area contributed by atoms with Crippen molar-refractivity contribution in [2.75, 3.05) is 13.2 Å². The maximum atomic E-state index is 13.4. The van der Waals surface area contributed by atoms with Crippen molar-refractivity contribution in [1.29, 1.82) is 0 Å². The molecule has 162 valence electrons. The molecule has 2 amide bonds. The molecule has 3 rings (SSSR count). The quantitative estimate of drug-likeness (QED) is 0.688. The first-order valence-electron chi connectivity index (χ1n) is 9.58. The fourth-order valence-corrected chi connectivity index (χ4v) is 3.30. The molecule has 1 aliphatic heterocycles. The van der Waals surface area contributed by atoms with Crippen LogP contribution in [0.5, 0.6) is 5.75 Å². The van der Waals surface area contributed by atoms with Crippen LogP contribution in [0.1, 0.15) is 24.2 Å². The Bertz CT molecular complexity index is 912. The van der Waals surface area contributed by atoms with Gasteiger partial charge in [0.15, 0.2) is 6.61 Å². The zero-order valence-electron chi connectivity index (χ0n) is 16.8. The largest absolute Gasteiger partial charge is 0.484 e. The molecule has 0 aliphatic carbocycles. The number of aryl methyl sites for hydroxylation is 2. The fraction of sp³-hybridized carbons (Fsp3) is 0.450. The second-order valence-electron chi connectivity index (χ2n) is 7.15. The fourth-order valence-electron chi connectivity index (χ4n) is 3.18. The molecule has 8 nitrogen and oxygen atoms in total. The van der Waals surface area contributed by atoms with Crippen LogP contribution < -0.4 is 15.4 Å². The number of halogens is 2. The van der Waals surface area contributed by atoms with Gasteiger partial charge in [-0.2, -0.15) is 5.10 Å². The van der Waals surface area contributed by atoms with Crippen molar-refractivity contribution in [2.24, 2.45) is 7.05 Å². The highest BCUT2D eigenvalue weighted by molar-refractivity contribution is 6.30. The van der Waals surface area contributed by atoms with Gasteiger partial charge in [-0.25, -0.2) is 4.39 Å². The van der Waals surface area contributed by atoms with E-state index < -0.39 is 11.9 Å². The predicted octanol–water partition coefficient (Wildman–Crippen LogP) is 1.88. The van der Waals surface area contributed by atoms with Gasteiger partial charge in [0.1, 0.15) is 17.7 Å². The summed E-state index contributed by atoms with van der Waals surface area (Å²) in [4.78, 5) is 24.4. The van der Waals surface area contributed by atoms with Crippen LogP contribution >= 0.6 is 11.6 Å². The number of carbonyl (C=O) groups excluding carboxylic acids is 2. The van der Waals surface area contributed by atoms with E-state index in [2.05, 4.69) is 15.7 Å². The Balaban J connectivity index is 1.37. The standard InChI is InChI=1S/C20H24ClFN4O4/c1-12-7-14(26(2)25-12)9-23-20(28)18-6-3-13(10-30-18)24-19(27)11-29-15-4-5-16(21)17(22)8-15/h4-5,7-8,13,18H,3,6,9-11H2,1-2H3,(H,23,28)(H,24,27)/t13-,18+/m1/s1. The molecule has 2 N–H and O–H groups in total. The Morgan fingerprint density at radius 1 is 1.37 bits per heavy atom. The van der Waals surface area contributed by atoms with Gasteiger partial charge in [-0.3, -0.25) is 14.3 Å². The second kappa shape index (κ2) is 9.90. The third kappa shape index (κ3) is 5.93. The summed E-state index contributed by atoms with van der Waals surface area (Å²) in [5.74, 6) is -0.939. The lowest BCUT2D eigenvalue weighted by Gasteiger charge is -2.28. The van der Waals surface area contributed by atoms with E-state index in [9.17, 15) is 14.0 Å². The van der Waals surface area contributed by atoms with Gasteiger partial charge < -0.3 is 20.1 Å². The summed E-state index contributed by atoms with van der Waals surface area (Å²) in [6.07, 6.45) is 0.537. The zero-order valence-corrected chi connectivity index (χ0v) is 17.5. The SMILES string of the molecule is Cc1cc(CNC(=O)[C@@H]2CC[C@@H](NC(=O)COc3ccc(Cl)c(F)c3)CO2)n(C)n1. The van der Waals surface area contributed by atoms with E-state index in [0.717, 1.165) is 17.5 Å². The first-order chi connectivity index (χ1) is 14.3. The average Bonchev–Trinajstić information content (AvgIpc) is 3.04. The lowest BCUT2D eigenvalue weighted by molar-refractivity contribution is -0.137. The van der Waals surface area contributed by atoms with Crippen LogP contribution in [0.15, 0.2) is 24.3 Å². The maximum Gasteiger partial charge on any atom is 0.258 e. The highest BCUT2D eigenvalue weighted by Gasteiger charge is 2.28. The summed E-state index contributed by atoms with van der Waals surface area (Å²) in [6, 6.07) is 5.66. The van der Waals surface area contributed by atoms with Gasteiger partial charge in [0.05, 0.1) is 35.6 Å². The molecule has 0 bridgehead atoms. The Kier molecular flexibility index (Phi) is 7.28. The number of hydrogen-bond donors (Lipinski definition) is 2. The third-order valence-corrected chi connectivity index (χ3v) is 5.04. The van der Waals surface area contributed by atoms with Crippen LogP contribution in [-0.2, 0) is 27.9 Å². The van der Waals surface area contributed by atoms with Crippen molar-refractivity contribution in [3.63, 3.8) is 0 Å². The number of nitrogens with one attached hydrogen (secondary N) is 2. The van der Waals surface area contributed by atoms with E-state index in [4.69, 9.17) is 21.1 Å². The summed E-state index contributed by atoms with van der Waals surface area (Å²) in [7, 11) is 1.83. The molecule has 30 heavy (non-hydrogen) atoms. The molecular weight excluding hydrogens is 415 g/mol. The van der Waals surface area contributed by atoms with Gasteiger partial charge in [-0.1, -0.05) is 11.6 Å². The molecule has 0 unspecified atom stereocenters. The smallest absolute Gasteiger partial charge is 0.258 e. The zero-order chi connectivity index (χ0) is 21.7. The highest BCUT2D eigenvalue weighted by Crippen LogP contribution is 2.20. The van der Waals surface area contributed by atoms with Crippen LogP contribution in [0.3, 0.4) is 0 Å².